The number of nitrogens with zero attached hydrogens (tertiary/aromatic N) is 2. The molecule has 0 unspecified atom stereocenters. The molecule has 0 aromatic carbocycles. The van der Waals surface area contributed by atoms with Crippen molar-refractivity contribution >= 4 is 35.0 Å². The molecule has 0 amide bonds. The molecule has 3 heteroatoms. The van der Waals surface area contributed by atoms with Crippen LogP contribution in [0.5, 0.6) is 0 Å². The van der Waals surface area contributed by atoms with Crippen LogP contribution < -0.4 is 10.7 Å². The Labute approximate surface area is 85.5 Å². The van der Waals surface area contributed by atoms with Gasteiger partial charge in [-0.2, -0.15) is 0 Å². The minimum Gasteiger partial charge on any atom is -0.268 e. The molecule has 0 atom stereocenters. The van der Waals surface area contributed by atoms with E-state index in [0.717, 1.165) is 19.3 Å². The van der Waals surface area contributed by atoms with Gasteiger partial charge < -0.3 is 0 Å². The first kappa shape index (κ1) is 8.29. The van der Waals surface area contributed by atoms with E-state index in [4.69, 9.17) is 0 Å². The van der Waals surface area contributed by atoms with Gasteiger partial charge in [0, 0.05) is 6.42 Å². The monoisotopic (exact) mass is 274 g/mol. The second kappa shape index (κ2) is 3.20. The van der Waals surface area contributed by atoms with Crippen LogP contribution in [-0.4, -0.2) is 7.76 Å². The summed E-state index contributed by atoms with van der Waals surface area (Å²) >= 11 is 2.32. The van der Waals surface area contributed by atoms with E-state index in [2.05, 4.69) is 49.7 Å². The van der Waals surface area contributed by atoms with Crippen molar-refractivity contribution in [2.45, 2.75) is 26.2 Å². The van der Waals surface area contributed by atoms with Gasteiger partial charge in [-0.3, -0.25) is 2.78 Å². The van der Waals surface area contributed by atoms with Gasteiger partial charge in [-0.25, -0.2) is 4.98 Å². The zero-order chi connectivity index (χ0) is 8.55. The Bertz CT molecular complexity index is 403. The van der Waals surface area contributed by atoms with Gasteiger partial charge in [0.05, 0.1) is 33.6 Å². The number of aromatic nitrogens is 2. The Morgan fingerprint density at radius 3 is 2.92 bits per heavy atom. The predicted molar refractivity (Wildman–Crippen MR) is 58.4 cm³/mol. The summed E-state index contributed by atoms with van der Waals surface area (Å²) < 4.78 is 2.17. The lowest BCUT2D eigenvalue weighted by Gasteiger charge is -1.95. The summed E-state index contributed by atoms with van der Waals surface area (Å²) in [7, 11) is 0. The minimum absolute atomic E-state index is 1.01. The van der Waals surface area contributed by atoms with E-state index >= 15 is 0 Å². The van der Waals surface area contributed by atoms with Gasteiger partial charge in [0.1, 0.15) is 5.82 Å². The summed E-state index contributed by atoms with van der Waals surface area (Å²) in [4.78, 5) is 4.54. The van der Waals surface area contributed by atoms with Gasteiger partial charge in [0.15, 0.2) is 0 Å². The highest BCUT2D eigenvalue weighted by molar-refractivity contribution is 14.1. The fourth-order valence-corrected chi connectivity index (χ4v) is 2.37. The Morgan fingerprint density at radius 2 is 2.25 bits per heavy atom. The van der Waals surface area contributed by atoms with Crippen molar-refractivity contribution in [2.75, 3.05) is 0 Å². The summed E-state index contributed by atoms with van der Waals surface area (Å²) in [6.07, 6.45) is 7.81. The normalized spacial score (nSPS) is 14.8. The molecule has 2 rings (SSSR count). The van der Waals surface area contributed by atoms with E-state index in [9.17, 15) is 0 Å². The molecule has 0 saturated carbocycles. The molecule has 0 aliphatic heterocycles. The third-order valence-corrected chi connectivity index (χ3v) is 3.18. The van der Waals surface area contributed by atoms with Crippen molar-refractivity contribution in [1.29, 1.82) is 0 Å². The molecule has 12 heavy (non-hydrogen) atoms. The van der Waals surface area contributed by atoms with Crippen LogP contribution >= 0.6 is 22.9 Å². The first-order chi connectivity index (χ1) is 5.83. The Kier molecular flexibility index (Phi) is 2.21. The maximum absolute atomic E-state index is 4.54. The summed E-state index contributed by atoms with van der Waals surface area (Å²) in [6.45, 7) is 2.14. The summed E-state index contributed by atoms with van der Waals surface area (Å²) in [5, 5.41) is 2.46. The molecular weight excluding hydrogens is 263 g/mol. The minimum atomic E-state index is 1.01. The number of rotatable bonds is 1. The van der Waals surface area contributed by atoms with Gasteiger partial charge >= 0.3 is 0 Å². The van der Waals surface area contributed by atoms with Gasteiger partial charge in [-0.15, -0.1) is 0 Å². The van der Waals surface area contributed by atoms with Crippen molar-refractivity contribution in [1.82, 2.24) is 7.76 Å². The Hall–Kier alpha value is -0.320. The van der Waals surface area contributed by atoms with Crippen LogP contribution in [0, 0.1) is 0 Å². The van der Waals surface area contributed by atoms with Crippen molar-refractivity contribution < 1.29 is 0 Å². The number of halogens is 1. The first-order valence-electron chi connectivity index (χ1n) is 4.27. The highest BCUT2D eigenvalue weighted by Crippen LogP contribution is 2.00. The molecule has 1 aliphatic carbocycles. The van der Waals surface area contributed by atoms with Crippen LogP contribution in [0.15, 0.2) is 0 Å². The molecule has 0 radical (unpaired) electrons. The van der Waals surface area contributed by atoms with E-state index in [1.54, 1.807) is 0 Å². The standard InChI is InChI=1S/C9H11IN2/c1-2-9-11-7-5-3-4-6-8(7)12(9)10/h5-6H,2-4H2,1H3. The van der Waals surface area contributed by atoms with Gasteiger partial charge in [-0.1, -0.05) is 19.1 Å². The van der Waals surface area contributed by atoms with Gasteiger partial charge in [0.2, 0.25) is 0 Å². The van der Waals surface area contributed by atoms with E-state index in [-0.39, 0.29) is 0 Å². The molecule has 0 N–H and O–H groups in total. The number of imidazole rings is 1. The average Bonchev–Trinajstić information content (AvgIpc) is 2.44. The zero-order valence-electron chi connectivity index (χ0n) is 7.05. The van der Waals surface area contributed by atoms with Crippen LogP contribution in [0.4, 0.5) is 0 Å². The highest BCUT2D eigenvalue weighted by atomic mass is 127. The van der Waals surface area contributed by atoms with Crippen molar-refractivity contribution in [3.8, 4) is 0 Å². The zero-order valence-corrected chi connectivity index (χ0v) is 9.21. The lowest BCUT2D eigenvalue weighted by molar-refractivity contribution is 0.968. The second-order valence-corrected chi connectivity index (χ2v) is 3.88. The molecule has 0 bridgehead atoms. The maximum atomic E-state index is 4.54. The third kappa shape index (κ3) is 1.20. The first-order valence-corrected chi connectivity index (χ1v) is 5.23. The smallest absolute Gasteiger partial charge is 0.118 e. The number of hydrogen-bond donors (Lipinski definition) is 0. The van der Waals surface area contributed by atoms with Crippen molar-refractivity contribution in [3.05, 3.63) is 16.5 Å². The molecule has 0 spiro atoms. The van der Waals surface area contributed by atoms with Crippen LogP contribution in [-0.2, 0) is 6.42 Å². The maximum Gasteiger partial charge on any atom is 0.118 e. The summed E-state index contributed by atoms with van der Waals surface area (Å²) in [6, 6.07) is 0. The molecule has 1 heterocycles. The van der Waals surface area contributed by atoms with Crippen LogP contribution in [0.3, 0.4) is 0 Å². The Balaban J connectivity index is 2.76. The van der Waals surface area contributed by atoms with Gasteiger partial charge in [-0.05, 0) is 12.8 Å². The fraction of sp³-hybridized carbons (Fsp3) is 0.444. The van der Waals surface area contributed by atoms with Gasteiger partial charge in [0.25, 0.3) is 0 Å². The Morgan fingerprint density at radius 1 is 1.50 bits per heavy atom. The molecule has 1 aromatic rings. The largest absolute Gasteiger partial charge is 0.268 e. The topological polar surface area (TPSA) is 17.8 Å². The third-order valence-electron chi connectivity index (χ3n) is 2.11. The molecule has 2 nitrogen and oxygen atoms in total. The lowest BCUT2D eigenvalue weighted by atomic mass is 10.2. The fourth-order valence-electron chi connectivity index (χ4n) is 1.47. The van der Waals surface area contributed by atoms with Crippen molar-refractivity contribution in [3.63, 3.8) is 0 Å². The number of aryl methyl sites for hydroxylation is 1. The number of hydrogen-bond acceptors (Lipinski definition) is 1. The van der Waals surface area contributed by atoms with E-state index in [1.165, 1.54) is 16.5 Å². The van der Waals surface area contributed by atoms with Crippen LogP contribution in [0.1, 0.15) is 25.6 Å². The number of fused-ring (bicyclic) bond motifs is 1. The summed E-state index contributed by atoms with van der Waals surface area (Å²) in [5.74, 6) is 1.18. The SMILES string of the molecule is CCc1nc2c(n1I)=CCCC=2. The van der Waals surface area contributed by atoms with Crippen LogP contribution in [0.25, 0.3) is 12.2 Å². The molecule has 0 saturated heterocycles. The average molecular weight is 274 g/mol. The second-order valence-electron chi connectivity index (χ2n) is 2.92. The van der Waals surface area contributed by atoms with E-state index in [0.29, 0.717) is 0 Å². The summed E-state index contributed by atoms with van der Waals surface area (Å²) in [5.41, 5.74) is 0. The predicted octanol–water partition coefficient (Wildman–Crippen LogP) is 0.998. The van der Waals surface area contributed by atoms with E-state index in [1.807, 2.05) is 0 Å². The lowest BCUT2D eigenvalue weighted by Crippen LogP contribution is -2.28. The van der Waals surface area contributed by atoms with E-state index < -0.39 is 0 Å². The molecule has 1 aliphatic rings. The quantitative estimate of drug-likeness (QED) is 0.699. The molecule has 64 valence electrons. The molecular formula is C9H11IN2. The van der Waals surface area contributed by atoms with Crippen molar-refractivity contribution in [2.24, 2.45) is 0 Å². The molecule has 0 fully saturated rings. The molecule has 1 aromatic heterocycles. The van der Waals surface area contributed by atoms with Crippen LogP contribution in [0.2, 0.25) is 0 Å². The highest BCUT2D eigenvalue weighted by Gasteiger charge is 2.04.